The minimum atomic E-state index is 0.216. The van der Waals surface area contributed by atoms with Crippen LogP contribution in [0.25, 0.3) is 0 Å². The highest BCUT2D eigenvalue weighted by molar-refractivity contribution is 5.26. The summed E-state index contributed by atoms with van der Waals surface area (Å²) >= 11 is 0. The van der Waals surface area contributed by atoms with E-state index in [1.165, 1.54) is 24.0 Å². The molecule has 0 aromatic carbocycles. The Morgan fingerprint density at radius 3 is 2.29 bits per heavy atom. The third-order valence-corrected chi connectivity index (χ3v) is 4.06. The van der Waals surface area contributed by atoms with Gasteiger partial charge in [-0.05, 0) is 91.3 Å². The van der Waals surface area contributed by atoms with E-state index in [1.54, 1.807) is 0 Å². The lowest BCUT2D eigenvalue weighted by Gasteiger charge is -2.34. The minimum absolute atomic E-state index is 0.216. The molecule has 2 N–H and O–H groups in total. The molecule has 0 aliphatic heterocycles. The molecular formula is C18H35N3. The fourth-order valence-electron chi connectivity index (χ4n) is 2.79. The van der Waals surface area contributed by atoms with Crippen molar-refractivity contribution in [1.82, 2.24) is 10.6 Å². The van der Waals surface area contributed by atoms with E-state index in [4.69, 9.17) is 0 Å². The first kappa shape index (κ1) is 20.1. The van der Waals surface area contributed by atoms with Gasteiger partial charge in [-0.3, -0.25) is 0 Å². The van der Waals surface area contributed by atoms with Crippen molar-refractivity contribution in [2.75, 3.05) is 33.7 Å². The van der Waals surface area contributed by atoms with E-state index >= 15 is 0 Å². The molecule has 0 aliphatic carbocycles. The lowest BCUT2D eigenvalue weighted by Crippen LogP contribution is -2.30. The predicted molar refractivity (Wildman–Crippen MR) is 96.4 cm³/mol. The van der Waals surface area contributed by atoms with Gasteiger partial charge in [0.05, 0.1) is 0 Å². The fourth-order valence-corrected chi connectivity index (χ4v) is 2.79. The van der Waals surface area contributed by atoms with Crippen LogP contribution in [0.5, 0.6) is 0 Å². The lowest BCUT2D eigenvalue weighted by atomic mass is 9.74. The number of nitrogens with zero attached hydrogens (tertiary/aromatic N) is 1. The number of hydrogen-bond acceptors (Lipinski definition) is 3. The van der Waals surface area contributed by atoms with Crippen LogP contribution in [-0.4, -0.2) is 40.4 Å². The van der Waals surface area contributed by atoms with Gasteiger partial charge < -0.3 is 15.6 Å². The molecule has 0 bridgehead atoms. The zero-order chi connectivity index (χ0) is 16.1. The van der Waals surface area contributed by atoms with Crippen LogP contribution in [0.4, 0.5) is 0 Å². The molecule has 3 heteroatoms. The summed E-state index contributed by atoms with van der Waals surface area (Å²) in [5.41, 5.74) is 3.06. The molecule has 0 fully saturated rings. The maximum absolute atomic E-state index is 4.27. The molecule has 0 aromatic heterocycles. The first-order chi connectivity index (χ1) is 10.0. The number of hydrogen-bond donors (Lipinski definition) is 2. The summed E-state index contributed by atoms with van der Waals surface area (Å²) in [6, 6.07) is 0. The number of aliphatic imine (C=N–C) groups is 1. The van der Waals surface area contributed by atoms with Gasteiger partial charge in [-0.1, -0.05) is 17.7 Å². The van der Waals surface area contributed by atoms with Crippen molar-refractivity contribution < 1.29 is 0 Å². The maximum Gasteiger partial charge on any atom is 0.0442 e. The van der Waals surface area contributed by atoms with Gasteiger partial charge in [0.15, 0.2) is 0 Å². The summed E-state index contributed by atoms with van der Waals surface area (Å²) in [6.07, 6.45) is 8.99. The van der Waals surface area contributed by atoms with E-state index in [0.29, 0.717) is 0 Å². The Balaban J connectivity index is 5.19. The van der Waals surface area contributed by atoms with E-state index in [9.17, 15) is 0 Å². The van der Waals surface area contributed by atoms with Gasteiger partial charge in [0.2, 0.25) is 0 Å². The van der Waals surface area contributed by atoms with Crippen molar-refractivity contribution in [2.24, 2.45) is 10.4 Å². The molecule has 1 unspecified atom stereocenters. The zero-order valence-corrected chi connectivity index (χ0v) is 14.8. The quantitative estimate of drug-likeness (QED) is 0.328. The van der Waals surface area contributed by atoms with Gasteiger partial charge in [-0.25, -0.2) is 0 Å². The average molecular weight is 293 g/mol. The fraction of sp³-hybridized carbons (Fsp3) is 0.722. The molecular weight excluding hydrogens is 258 g/mol. The van der Waals surface area contributed by atoms with Gasteiger partial charge in [0.25, 0.3) is 0 Å². The van der Waals surface area contributed by atoms with Crippen molar-refractivity contribution in [1.29, 1.82) is 0 Å². The van der Waals surface area contributed by atoms with Crippen LogP contribution in [0.3, 0.4) is 0 Å². The van der Waals surface area contributed by atoms with Crippen LogP contribution in [0, 0.1) is 5.41 Å². The molecule has 0 saturated carbocycles. The normalized spacial score (nSPS) is 14.1. The highest BCUT2D eigenvalue weighted by Gasteiger charge is 2.29. The van der Waals surface area contributed by atoms with Crippen LogP contribution in [-0.2, 0) is 0 Å². The molecule has 122 valence electrons. The van der Waals surface area contributed by atoms with Crippen molar-refractivity contribution in [3.63, 3.8) is 0 Å². The molecule has 0 rings (SSSR count). The molecule has 21 heavy (non-hydrogen) atoms. The topological polar surface area (TPSA) is 36.4 Å². The van der Waals surface area contributed by atoms with Crippen molar-refractivity contribution in [3.05, 3.63) is 23.3 Å². The van der Waals surface area contributed by atoms with Gasteiger partial charge in [0, 0.05) is 6.54 Å². The number of rotatable bonds is 12. The van der Waals surface area contributed by atoms with E-state index < -0.39 is 0 Å². The van der Waals surface area contributed by atoms with Crippen LogP contribution >= 0.6 is 0 Å². The Kier molecular flexibility index (Phi) is 11.2. The monoisotopic (exact) mass is 293 g/mol. The van der Waals surface area contributed by atoms with Gasteiger partial charge in [-0.15, -0.1) is 0 Å². The van der Waals surface area contributed by atoms with E-state index in [-0.39, 0.29) is 5.41 Å². The second-order valence-electron chi connectivity index (χ2n) is 6.14. The van der Waals surface area contributed by atoms with Crippen molar-refractivity contribution >= 4 is 6.72 Å². The highest BCUT2D eigenvalue weighted by Crippen LogP contribution is 2.37. The van der Waals surface area contributed by atoms with Crippen molar-refractivity contribution in [3.8, 4) is 0 Å². The summed E-state index contributed by atoms with van der Waals surface area (Å²) in [5, 5.41) is 6.55. The largest absolute Gasteiger partial charge is 0.320 e. The smallest absolute Gasteiger partial charge is 0.0442 e. The summed E-state index contributed by atoms with van der Waals surface area (Å²) in [7, 11) is 4.04. The van der Waals surface area contributed by atoms with Crippen LogP contribution in [0.2, 0.25) is 0 Å². The third kappa shape index (κ3) is 8.18. The summed E-state index contributed by atoms with van der Waals surface area (Å²) in [6.45, 7) is 13.2. The Morgan fingerprint density at radius 1 is 1.14 bits per heavy atom. The Morgan fingerprint density at radius 2 is 1.81 bits per heavy atom. The summed E-state index contributed by atoms with van der Waals surface area (Å²) < 4.78 is 0. The summed E-state index contributed by atoms with van der Waals surface area (Å²) in [5.74, 6) is 0. The molecule has 0 radical (unpaired) electrons. The molecule has 1 atom stereocenters. The molecule has 0 aliphatic rings. The Labute approximate surface area is 132 Å². The van der Waals surface area contributed by atoms with Crippen LogP contribution < -0.4 is 10.6 Å². The molecule has 0 amide bonds. The van der Waals surface area contributed by atoms with E-state index in [1.807, 2.05) is 14.1 Å². The number of allylic oxidation sites excluding steroid dienone is 4. The second kappa shape index (κ2) is 11.7. The molecule has 3 nitrogen and oxygen atoms in total. The second-order valence-corrected chi connectivity index (χ2v) is 6.14. The first-order valence-corrected chi connectivity index (χ1v) is 8.06. The first-order valence-electron chi connectivity index (χ1n) is 8.06. The van der Waals surface area contributed by atoms with Gasteiger partial charge in [-0.2, -0.15) is 0 Å². The molecule has 0 spiro atoms. The van der Waals surface area contributed by atoms with Gasteiger partial charge >= 0.3 is 0 Å². The van der Waals surface area contributed by atoms with Gasteiger partial charge in [0.1, 0.15) is 0 Å². The van der Waals surface area contributed by atoms with Crippen LogP contribution in [0.1, 0.15) is 46.5 Å². The van der Waals surface area contributed by atoms with Crippen molar-refractivity contribution in [2.45, 2.75) is 46.5 Å². The molecule has 0 heterocycles. The maximum atomic E-state index is 4.27. The minimum Gasteiger partial charge on any atom is -0.320 e. The number of nitrogens with one attached hydrogen (secondary N) is 2. The molecule has 0 aromatic rings. The third-order valence-electron chi connectivity index (χ3n) is 4.06. The Bertz CT molecular complexity index is 340. The predicted octanol–water partition coefficient (Wildman–Crippen LogP) is 3.59. The summed E-state index contributed by atoms with van der Waals surface area (Å²) in [4.78, 5) is 4.27. The van der Waals surface area contributed by atoms with E-state index in [0.717, 1.165) is 32.5 Å². The average Bonchev–Trinajstić information content (AvgIpc) is 2.45. The highest BCUT2D eigenvalue weighted by atomic mass is 14.8. The zero-order valence-electron chi connectivity index (χ0n) is 14.8. The standard InChI is InChI=1S/C18H35N3/c1-7-9-17(16(2)3)14-18(15-21-6,11-13-20-5)10-8-12-19-4/h7,9,19-20H,6,8,10-15H2,1-5H3/b9-7-. The SMILES string of the molecule is C=NCC(CCCNC)(CCNC)CC(/C=C\C)=C(C)C. The lowest BCUT2D eigenvalue weighted by molar-refractivity contribution is 0.242. The molecule has 0 saturated heterocycles. The Hall–Kier alpha value is -0.930. The van der Waals surface area contributed by atoms with Crippen LogP contribution in [0.15, 0.2) is 28.3 Å². The van der Waals surface area contributed by atoms with E-state index in [2.05, 4.69) is 55.3 Å².